The lowest BCUT2D eigenvalue weighted by molar-refractivity contribution is -0.141. The maximum Gasteiger partial charge on any atom is 0.0780 e. The topological polar surface area (TPSA) is 9.23 Å². The average Bonchev–Trinajstić information content (AvgIpc) is 2.23. The Kier molecular flexibility index (Phi) is 5.79. The molecule has 4 atom stereocenters. The lowest BCUT2D eigenvalue weighted by Crippen LogP contribution is -2.46. The largest absolute Gasteiger partial charge is 0.371 e. The van der Waals surface area contributed by atoms with Crippen LogP contribution in [0, 0.1) is 5.92 Å². The smallest absolute Gasteiger partial charge is 0.0780 e. The van der Waals surface area contributed by atoms with Crippen molar-refractivity contribution in [2.24, 2.45) is 5.92 Å². The molecule has 96 valence electrons. The van der Waals surface area contributed by atoms with Gasteiger partial charge in [-0.05, 0) is 39.0 Å². The lowest BCUT2D eigenvalue weighted by Gasteiger charge is -2.44. The van der Waals surface area contributed by atoms with Gasteiger partial charge in [0.25, 0.3) is 0 Å². The molecule has 0 N–H and O–H groups in total. The Balaban J connectivity index is 2.48. The molecular formula is C14H27BrO. The highest BCUT2D eigenvalue weighted by atomic mass is 79.9. The van der Waals surface area contributed by atoms with Crippen LogP contribution in [0.3, 0.4) is 0 Å². The van der Waals surface area contributed by atoms with E-state index < -0.39 is 0 Å². The zero-order chi connectivity index (χ0) is 12.2. The molecule has 0 amide bonds. The fourth-order valence-corrected chi connectivity index (χ4v) is 2.79. The van der Waals surface area contributed by atoms with E-state index in [4.69, 9.17) is 4.74 Å². The highest BCUT2D eigenvalue weighted by Crippen LogP contribution is 2.38. The number of hydrogen-bond donors (Lipinski definition) is 0. The highest BCUT2D eigenvalue weighted by molar-refractivity contribution is 9.09. The van der Waals surface area contributed by atoms with Crippen molar-refractivity contribution in [3.05, 3.63) is 0 Å². The van der Waals surface area contributed by atoms with Crippen molar-refractivity contribution in [1.29, 1.82) is 0 Å². The van der Waals surface area contributed by atoms with Gasteiger partial charge in [0.1, 0.15) is 0 Å². The van der Waals surface area contributed by atoms with Gasteiger partial charge in [-0.15, -0.1) is 0 Å². The summed E-state index contributed by atoms with van der Waals surface area (Å²) in [6.45, 7) is 9.06. The van der Waals surface area contributed by atoms with Crippen molar-refractivity contribution in [2.45, 2.75) is 82.8 Å². The lowest BCUT2D eigenvalue weighted by atomic mass is 9.83. The molecular weight excluding hydrogens is 264 g/mol. The van der Waals surface area contributed by atoms with Crippen LogP contribution >= 0.6 is 15.9 Å². The number of halogens is 1. The van der Waals surface area contributed by atoms with Crippen LogP contribution in [0.25, 0.3) is 0 Å². The maximum atomic E-state index is 6.35. The molecule has 0 radical (unpaired) electrons. The van der Waals surface area contributed by atoms with Gasteiger partial charge in [-0.1, -0.05) is 49.0 Å². The van der Waals surface area contributed by atoms with Gasteiger partial charge in [0.05, 0.1) is 11.7 Å². The monoisotopic (exact) mass is 290 g/mol. The first kappa shape index (κ1) is 14.5. The summed E-state index contributed by atoms with van der Waals surface area (Å²) in [7, 11) is 0. The third-order valence-corrected chi connectivity index (χ3v) is 5.05. The second-order valence-electron chi connectivity index (χ2n) is 5.60. The van der Waals surface area contributed by atoms with Crippen LogP contribution in [-0.2, 0) is 4.74 Å². The van der Waals surface area contributed by atoms with Crippen molar-refractivity contribution >= 4 is 15.9 Å². The summed E-state index contributed by atoms with van der Waals surface area (Å²) in [5.74, 6) is 0.733. The number of rotatable bonds is 5. The minimum Gasteiger partial charge on any atom is -0.371 e. The summed E-state index contributed by atoms with van der Waals surface area (Å²) in [5, 5.41) is 0. The van der Waals surface area contributed by atoms with Crippen LogP contribution in [0.2, 0.25) is 0 Å². The predicted octanol–water partition coefficient (Wildman–Crippen LogP) is 4.92. The molecule has 1 saturated heterocycles. The van der Waals surface area contributed by atoms with Gasteiger partial charge in [0.2, 0.25) is 0 Å². The number of hydrogen-bond acceptors (Lipinski definition) is 1. The zero-order valence-corrected chi connectivity index (χ0v) is 12.8. The standard InChI is InChI=1S/C14H27BrO/c1-5-6-7-8-13-11(2)9-10-14(4,16-13)12(3)15/h11-13H,5-10H2,1-4H3/t11-,12-,13-,14+/m1/s1. The van der Waals surface area contributed by atoms with Gasteiger partial charge in [0, 0.05) is 4.83 Å². The van der Waals surface area contributed by atoms with Crippen molar-refractivity contribution < 1.29 is 4.74 Å². The molecule has 0 aromatic heterocycles. The van der Waals surface area contributed by atoms with E-state index in [1.165, 1.54) is 38.5 Å². The van der Waals surface area contributed by atoms with Gasteiger partial charge >= 0.3 is 0 Å². The first-order valence-electron chi connectivity index (χ1n) is 6.81. The van der Waals surface area contributed by atoms with Crippen LogP contribution < -0.4 is 0 Å². The molecule has 0 bridgehead atoms. The van der Waals surface area contributed by atoms with Gasteiger partial charge in [-0.25, -0.2) is 0 Å². The van der Waals surface area contributed by atoms with Crippen LogP contribution in [0.1, 0.15) is 66.2 Å². The van der Waals surface area contributed by atoms with E-state index in [1.807, 2.05) is 0 Å². The minimum absolute atomic E-state index is 0.0450. The Morgan fingerprint density at radius 2 is 2.12 bits per heavy atom. The number of alkyl halides is 1. The second kappa shape index (κ2) is 6.39. The predicted molar refractivity (Wildman–Crippen MR) is 74.2 cm³/mol. The number of ether oxygens (including phenoxy) is 1. The Hall–Kier alpha value is 0.440. The number of unbranched alkanes of at least 4 members (excludes halogenated alkanes) is 2. The molecule has 1 nitrogen and oxygen atoms in total. The molecule has 1 aliphatic rings. The van der Waals surface area contributed by atoms with Crippen molar-refractivity contribution in [3.63, 3.8) is 0 Å². The molecule has 0 aliphatic carbocycles. The summed E-state index contributed by atoms with van der Waals surface area (Å²) in [4.78, 5) is 0.446. The fourth-order valence-electron chi connectivity index (χ4n) is 2.45. The maximum absolute atomic E-state index is 6.35. The van der Waals surface area contributed by atoms with E-state index in [9.17, 15) is 0 Å². The summed E-state index contributed by atoms with van der Waals surface area (Å²) >= 11 is 3.70. The van der Waals surface area contributed by atoms with Gasteiger partial charge in [0.15, 0.2) is 0 Å². The minimum atomic E-state index is 0.0450. The van der Waals surface area contributed by atoms with E-state index in [1.54, 1.807) is 0 Å². The molecule has 1 fully saturated rings. The van der Waals surface area contributed by atoms with E-state index in [0.29, 0.717) is 10.9 Å². The average molecular weight is 291 g/mol. The third-order valence-electron chi connectivity index (χ3n) is 4.09. The van der Waals surface area contributed by atoms with Gasteiger partial charge < -0.3 is 4.74 Å². The molecule has 1 aliphatic heterocycles. The summed E-state index contributed by atoms with van der Waals surface area (Å²) in [6.07, 6.45) is 8.17. The SMILES string of the molecule is CCCCC[C@H]1O[C@](C)([C@@H](C)Br)CC[C@H]1C. The van der Waals surface area contributed by atoms with Gasteiger partial charge in [-0.2, -0.15) is 0 Å². The quantitative estimate of drug-likeness (QED) is 0.516. The van der Waals surface area contributed by atoms with E-state index in [0.717, 1.165) is 5.92 Å². The van der Waals surface area contributed by atoms with E-state index in [2.05, 4.69) is 43.6 Å². The Morgan fingerprint density at radius 1 is 1.44 bits per heavy atom. The second-order valence-corrected chi connectivity index (χ2v) is 6.97. The van der Waals surface area contributed by atoms with E-state index >= 15 is 0 Å². The van der Waals surface area contributed by atoms with Crippen LogP contribution in [0.15, 0.2) is 0 Å². The van der Waals surface area contributed by atoms with Crippen molar-refractivity contribution in [1.82, 2.24) is 0 Å². The molecule has 0 saturated carbocycles. The molecule has 1 heterocycles. The first-order valence-corrected chi connectivity index (χ1v) is 7.73. The van der Waals surface area contributed by atoms with E-state index in [-0.39, 0.29) is 5.60 Å². The molecule has 16 heavy (non-hydrogen) atoms. The highest BCUT2D eigenvalue weighted by Gasteiger charge is 2.39. The van der Waals surface area contributed by atoms with Gasteiger partial charge in [-0.3, -0.25) is 0 Å². The molecule has 1 rings (SSSR count). The Morgan fingerprint density at radius 3 is 2.69 bits per heavy atom. The Labute approximate surface area is 109 Å². The zero-order valence-electron chi connectivity index (χ0n) is 11.3. The summed E-state index contributed by atoms with van der Waals surface area (Å²) < 4.78 is 6.35. The van der Waals surface area contributed by atoms with Crippen molar-refractivity contribution in [2.75, 3.05) is 0 Å². The third kappa shape index (κ3) is 3.73. The van der Waals surface area contributed by atoms with Crippen LogP contribution in [-0.4, -0.2) is 16.5 Å². The fraction of sp³-hybridized carbons (Fsp3) is 1.00. The van der Waals surface area contributed by atoms with Crippen LogP contribution in [0.5, 0.6) is 0 Å². The molecule has 0 aromatic carbocycles. The summed E-state index contributed by atoms with van der Waals surface area (Å²) in [5.41, 5.74) is 0.0450. The normalized spacial score (nSPS) is 37.3. The Bertz CT molecular complexity index is 205. The molecule has 2 heteroatoms. The molecule has 0 spiro atoms. The summed E-state index contributed by atoms with van der Waals surface area (Å²) in [6, 6.07) is 0. The van der Waals surface area contributed by atoms with Crippen LogP contribution in [0.4, 0.5) is 0 Å². The molecule has 0 aromatic rings. The van der Waals surface area contributed by atoms with Crippen molar-refractivity contribution in [3.8, 4) is 0 Å². The molecule has 0 unspecified atom stereocenters. The first-order chi connectivity index (χ1) is 7.49.